The van der Waals surface area contributed by atoms with Gasteiger partial charge in [0.2, 0.25) is 5.91 Å². The largest absolute Gasteiger partial charge is 0.508 e. The minimum atomic E-state index is -1.03. The van der Waals surface area contributed by atoms with E-state index in [9.17, 15) is 19.5 Å². The molecule has 3 N–H and O–H groups in total. The minimum Gasteiger partial charge on any atom is -0.508 e. The van der Waals surface area contributed by atoms with Crippen molar-refractivity contribution < 1.29 is 24.2 Å². The lowest BCUT2D eigenvalue weighted by Crippen LogP contribution is -2.53. The summed E-state index contributed by atoms with van der Waals surface area (Å²) in [4.78, 5) is 42.6. The van der Waals surface area contributed by atoms with Crippen molar-refractivity contribution in [1.82, 2.24) is 10.2 Å². The van der Waals surface area contributed by atoms with Gasteiger partial charge < -0.3 is 25.4 Å². The van der Waals surface area contributed by atoms with Crippen molar-refractivity contribution in [3.8, 4) is 5.75 Å². The van der Waals surface area contributed by atoms with E-state index in [4.69, 9.17) is 4.74 Å². The number of ether oxygens (including phenoxy) is 1. The summed E-state index contributed by atoms with van der Waals surface area (Å²) in [6, 6.07) is 17.7. The van der Waals surface area contributed by atoms with Crippen LogP contribution in [0, 0.1) is 20.8 Å². The number of benzene rings is 3. The number of hydrogen-bond donors (Lipinski definition) is 3. The molecule has 0 aliphatic carbocycles. The van der Waals surface area contributed by atoms with E-state index < -0.39 is 29.7 Å². The third-order valence-electron chi connectivity index (χ3n) is 6.67. The third-order valence-corrected chi connectivity index (χ3v) is 6.67. The number of aryl methyl sites for hydroxylation is 3. The zero-order valence-corrected chi connectivity index (χ0v) is 24.9. The highest BCUT2D eigenvalue weighted by Crippen LogP contribution is 2.28. The lowest BCUT2D eigenvalue weighted by Gasteiger charge is -2.34. The highest BCUT2D eigenvalue weighted by atomic mass is 16.6. The minimum absolute atomic E-state index is 0.0923. The Morgan fingerprint density at radius 1 is 0.927 bits per heavy atom. The van der Waals surface area contributed by atoms with E-state index >= 15 is 0 Å². The van der Waals surface area contributed by atoms with Crippen LogP contribution >= 0.6 is 0 Å². The van der Waals surface area contributed by atoms with Gasteiger partial charge in [-0.3, -0.25) is 9.59 Å². The molecule has 2 unspecified atom stereocenters. The van der Waals surface area contributed by atoms with Gasteiger partial charge in [-0.2, -0.15) is 0 Å². The summed E-state index contributed by atoms with van der Waals surface area (Å²) in [6.07, 6.45) is -0.605. The quantitative estimate of drug-likeness (QED) is 0.299. The second-order valence-electron chi connectivity index (χ2n) is 11.3. The van der Waals surface area contributed by atoms with Crippen LogP contribution in [0.2, 0.25) is 0 Å². The van der Waals surface area contributed by atoms with Crippen LogP contribution in [0.25, 0.3) is 0 Å². The number of nitrogens with one attached hydrogen (secondary N) is 2. The summed E-state index contributed by atoms with van der Waals surface area (Å²) in [6.45, 7) is 13.0. The van der Waals surface area contributed by atoms with Gasteiger partial charge in [0.25, 0.3) is 5.91 Å². The number of carbonyl (C=O) groups is 3. The highest BCUT2D eigenvalue weighted by Gasteiger charge is 2.36. The van der Waals surface area contributed by atoms with Crippen molar-refractivity contribution in [3.05, 3.63) is 94.5 Å². The van der Waals surface area contributed by atoms with Crippen molar-refractivity contribution >= 4 is 23.6 Å². The molecule has 41 heavy (non-hydrogen) atoms. The number of anilines is 1. The van der Waals surface area contributed by atoms with Gasteiger partial charge in [0.1, 0.15) is 23.4 Å². The number of likely N-dealkylation sites (N-methyl/N-ethyl adjacent to an activating group) is 1. The molecular formula is C33H41N3O5. The van der Waals surface area contributed by atoms with E-state index in [1.165, 1.54) is 17.0 Å². The van der Waals surface area contributed by atoms with Crippen molar-refractivity contribution in [1.29, 1.82) is 0 Å². The molecule has 3 rings (SSSR count). The normalized spacial score (nSPS) is 12.7. The van der Waals surface area contributed by atoms with E-state index in [1.807, 2.05) is 63.2 Å². The molecule has 8 nitrogen and oxygen atoms in total. The van der Waals surface area contributed by atoms with Crippen molar-refractivity contribution in [2.24, 2.45) is 0 Å². The number of carbonyl (C=O) groups excluding carboxylic acids is 3. The van der Waals surface area contributed by atoms with Gasteiger partial charge in [0, 0.05) is 18.7 Å². The van der Waals surface area contributed by atoms with Crippen LogP contribution in [0.3, 0.4) is 0 Å². The van der Waals surface area contributed by atoms with E-state index in [0.717, 1.165) is 22.3 Å². The lowest BCUT2D eigenvalue weighted by atomic mass is 9.95. The van der Waals surface area contributed by atoms with E-state index in [1.54, 1.807) is 39.8 Å². The van der Waals surface area contributed by atoms with Gasteiger partial charge in [-0.05, 0) is 88.9 Å². The SMILES string of the molecule is CCN(C(=O)C(Cc1ccc(O)cc1)NC(=O)OC(C)(C)C)C(C(=O)Nc1ccccc1C)c1ccc(C)cc1C. The summed E-state index contributed by atoms with van der Waals surface area (Å²) in [5.74, 6) is -0.701. The maximum absolute atomic E-state index is 14.3. The Bertz CT molecular complexity index is 1380. The van der Waals surface area contributed by atoms with Gasteiger partial charge in [0.05, 0.1) is 0 Å². The van der Waals surface area contributed by atoms with Crippen LogP contribution < -0.4 is 10.6 Å². The summed E-state index contributed by atoms with van der Waals surface area (Å²) < 4.78 is 5.47. The number of nitrogens with zero attached hydrogens (tertiary/aromatic N) is 1. The van der Waals surface area contributed by atoms with Crippen molar-refractivity contribution in [3.63, 3.8) is 0 Å². The molecule has 3 aromatic carbocycles. The molecule has 0 aromatic heterocycles. The van der Waals surface area contributed by atoms with Crippen LogP contribution in [0.1, 0.15) is 61.6 Å². The Labute approximate surface area is 242 Å². The van der Waals surface area contributed by atoms with Gasteiger partial charge in [-0.25, -0.2) is 4.79 Å². The fraction of sp³-hybridized carbons (Fsp3) is 0.364. The van der Waals surface area contributed by atoms with Crippen LogP contribution in [-0.2, 0) is 20.7 Å². The van der Waals surface area contributed by atoms with Gasteiger partial charge in [0.15, 0.2) is 0 Å². The number of hydrogen-bond acceptors (Lipinski definition) is 5. The Morgan fingerprint density at radius 2 is 1.59 bits per heavy atom. The summed E-state index contributed by atoms with van der Waals surface area (Å²) >= 11 is 0. The Morgan fingerprint density at radius 3 is 2.17 bits per heavy atom. The maximum Gasteiger partial charge on any atom is 0.408 e. The number of para-hydroxylation sites is 1. The zero-order chi connectivity index (χ0) is 30.3. The van der Waals surface area contributed by atoms with Crippen LogP contribution in [0.4, 0.5) is 10.5 Å². The highest BCUT2D eigenvalue weighted by molar-refractivity contribution is 5.99. The topological polar surface area (TPSA) is 108 Å². The molecule has 0 saturated heterocycles. The molecule has 0 radical (unpaired) electrons. The molecule has 2 atom stereocenters. The van der Waals surface area contributed by atoms with E-state index in [2.05, 4.69) is 10.6 Å². The molecule has 0 aliphatic heterocycles. The van der Waals surface area contributed by atoms with Gasteiger partial charge in [-0.1, -0.05) is 54.1 Å². The molecule has 0 bridgehead atoms. The van der Waals surface area contributed by atoms with E-state index in [-0.39, 0.29) is 24.6 Å². The van der Waals surface area contributed by atoms with Crippen LogP contribution in [0.5, 0.6) is 5.75 Å². The zero-order valence-electron chi connectivity index (χ0n) is 24.9. The molecule has 8 heteroatoms. The number of alkyl carbamates (subject to hydrolysis) is 1. The predicted molar refractivity (Wildman–Crippen MR) is 161 cm³/mol. The molecular weight excluding hydrogens is 518 g/mol. The third kappa shape index (κ3) is 8.58. The van der Waals surface area contributed by atoms with Crippen LogP contribution in [-0.4, -0.2) is 46.1 Å². The fourth-order valence-electron chi connectivity index (χ4n) is 4.68. The number of phenols is 1. The first kappa shape index (κ1) is 31.2. The summed E-state index contributed by atoms with van der Waals surface area (Å²) in [5, 5.41) is 15.5. The molecule has 0 saturated carbocycles. The van der Waals surface area contributed by atoms with Crippen molar-refractivity contribution in [2.75, 3.05) is 11.9 Å². The molecule has 0 aliphatic rings. The summed E-state index contributed by atoms with van der Waals surface area (Å²) in [7, 11) is 0. The van der Waals surface area contributed by atoms with Crippen LogP contribution in [0.15, 0.2) is 66.7 Å². The smallest absolute Gasteiger partial charge is 0.408 e. The van der Waals surface area contributed by atoms with Crippen molar-refractivity contribution in [2.45, 2.75) is 72.6 Å². The van der Waals surface area contributed by atoms with Gasteiger partial charge in [-0.15, -0.1) is 0 Å². The Balaban J connectivity index is 2.04. The standard InChI is InChI=1S/C33H41N3O5/c1-8-36(31(39)28(35-32(40)41-33(5,6)7)20-24-14-16-25(37)17-15-24)29(26-18-13-21(2)19-23(26)4)30(38)34-27-12-10-9-11-22(27)3/h9-19,28-29,37H,8,20H2,1-7H3,(H,34,38)(H,35,40). The lowest BCUT2D eigenvalue weighted by molar-refractivity contribution is -0.140. The second kappa shape index (κ2) is 13.4. The van der Waals surface area contributed by atoms with E-state index in [0.29, 0.717) is 11.3 Å². The average Bonchev–Trinajstić information content (AvgIpc) is 2.88. The number of aromatic hydroxyl groups is 1. The number of phenolic OH excluding ortho intramolecular Hbond substituents is 1. The molecule has 3 aromatic rings. The number of amides is 3. The predicted octanol–water partition coefficient (Wildman–Crippen LogP) is 5.98. The summed E-state index contributed by atoms with van der Waals surface area (Å²) in [5.41, 5.74) is 4.11. The molecule has 3 amide bonds. The molecule has 0 fully saturated rings. The van der Waals surface area contributed by atoms with Gasteiger partial charge >= 0.3 is 6.09 Å². The first-order valence-electron chi connectivity index (χ1n) is 13.8. The second-order valence-corrected chi connectivity index (χ2v) is 11.3. The first-order valence-corrected chi connectivity index (χ1v) is 13.8. The number of rotatable bonds is 9. The maximum atomic E-state index is 14.3. The Hall–Kier alpha value is -4.33. The Kier molecular flexibility index (Phi) is 10.2. The molecule has 0 spiro atoms. The first-order chi connectivity index (χ1) is 19.3. The average molecular weight is 560 g/mol. The monoisotopic (exact) mass is 559 g/mol. The molecule has 218 valence electrons. The molecule has 0 heterocycles. The fourth-order valence-corrected chi connectivity index (χ4v) is 4.68.